The molecule has 3 rings (SSSR count). The van der Waals surface area contributed by atoms with E-state index in [0.717, 1.165) is 5.56 Å². The number of carbonyl (C=O) groups is 2. The van der Waals surface area contributed by atoms with Crippen LogP contribution in [0.4, 0.5) is 4.39 Å². The van der Waals surface area contributed by atoms with Crippen molar-refractivity contribution in [1.82, 2.24) is 10.2 Å². The zero-order chi connectivity index (χ0) is 18.5. The molecule has 2 aromatic carbocycles. The van der Waals surface area contributed by atoms with Crippen molar-refractivity contribution in [1.29, 1.82) is 0 Å². The first-order valence-corrected chi connectivity index (χ1v) is 8.50. The van der Waals surface area contributed by atoms with Crippen LogP contribution < -0.4 is 10.1 Å². The molecule has 1 heterocycles. The number of nitrogens with one attached hydrogen (secondary N) is 1. The Hall–Kier alpha value is -2.89. The van der Waals surface area contributed by atoms with Gasteiger partial charge < -0.3 is 15.0 Å². The number of hydrogen-bond donors (Lipinski definition) is 1. The van der Waals surface area contributed by atoms with E-state index in [2.05, 4.69) is 5.32 Å². The van der Waals surface area contributed by atoms with Crippen LogP contribution in [0.5, 0.6) is 5.75 Å². The Morgan fingerprint density at radius 1 is 1.23 bits per heavy atom. The number of halogens is 1. The molecule has 26 heavy (non-hydrogen) atoms. The second kappa shape index (κ2) is 7.99. The summed E-state index contributed by atoms with van der Waals surface area (Å²) in [6.45, 7) is 1.45. The van der Waals surface area contributed by atoms with Crippen molar-refractivity contribution < 1.29 is 18.7 Å². The van der Waals surface area contributed by atoms with Gasteiger partial charge >= 0.3 is 0 Å². The summed E-state index contributed by atoms with van der Waals surface area (Å²) in [7, 11) is 1.52. The Bertz CT molecular complexity index is 792. The summed E-state index contributed by atoms with van der Waals surface area (Å²) >= 11 is 0. The van der Waals surface area contributed by atoms with Gasteiger partial charge in [0.05, 0.1) is 12.7 Å². The molecule has 1 fully saturated rings. The molecular weight excluding hydrogens is 335 g/mol. The minimum Gasteiger partial charge on any atom is -0.496 e. The Morgan fingerprint density at radius 3 is 2.69 bits per heavy atom. The minimum absolute atomic E-state index is 0.0471. The third-order valence-corrected chi connectivity index (χ3v) is 4.48. The van der Waals surface area contributed by atoms with E-state index in [1.807, 2.05) is 0 Å². The van der Waals surface area contributed by atoms with E-state index in [4.69, 9.17) is 4.74 Å². The molecule has 0 spiro atoms. The topological polar surface area (TPSA) is 58.6 Å². The zero-order valence-corrected chi connectivity index (χ0v) is 14.6. The number of ether oxygens (including phenoxy) is 1. The van der Waals surface area contributed by atoms with Crippen LogP contribution in [0.15, 0.2) is 48.5 Å². The van der Waals surface area contributed by atoms with Gasteiger partial charge in [-0.3, -0.25) is 9.59 Å². The molecule has 1 saturated heterocycles. The molecule has 0 aromatic heterocycles. The highest BCUT2D eigenvalue weighted by molar-refractivity contribution is 5.96. The molecule has 2 aromatic rings. The lowest BCUT2D eigenvalue weighted by Crippen LogP contribution is -2.31. The summed E-state index contributed by atoms with van der Waals surface area (Å²) < 4.78 is 18.2. The van der Waals surface area contributed by atoms with Gasteiger partial charge in [0.15, 0.2) is 0 Å². The van der Waals surface area contributed by atoms with Crippen LogP contribution >= 0.6 is 0 Å². The van der Waals surface area contributed by atoms with Crippen LogP contribution in [-0.4, -0.2) is 36.9 Å². The normalized spacial score (nSPS) is 16.6. The average molecular weight is 356 g/mol. The fraction of sp³-hybridized carbons (Fsp3) is 0.300. The van der Waals surface area contributed by atoms with Gasteiger partial charge in [0.25, 0.3) is 5.91 Å². The monoisotopic (exact) mass is 356 g/mol. The molecule has 5 nitrogen and oxygen atoms in total. The fourth-order valence-electron chi connectivity index (χ4n) is 3.12. The van der Waals surface area contributed by atoms with Crippen LogP contribution in [-0.2, 0) is 11.3 Å². The summed E-state index contributed by atoms with van der Waals surface area (Å²) in [6.07, 6.45) is 0.396. The highest BCUT2D eigenvalue weighted by Crippen LogP contribution is 2.21. The highest BCUT2D eigenvalue weighted by atomic mass is 19.1. The lowest BCUT2D eigenvalue weighted by Gasteiger charge is -2.17. The van der Waals surface area contributed by atoms with Gasteiger partial charge in [-0.05, 0) is 29.8 Å². The van der Waals surface area contributed by atoms with Gasteiger partial charge in [-0.2, -0.15) is 0 Å². The number of hydrogen-bond acceptors (Lipinski definition) is 3. The van der Waals surface area contributed by atoms with Crippen LogP contribution in [0.25, 0.3) is 0 Å². The number of methoxy groups -OCH3 is 1. The third kappa shape index (κ3) is 4.20. The van der Waals surface area contributed by atoms with E-state index < -0.39 is 0 Å². The molecular formula is C20H21FN2O3. The maximum Gasteiger partial charge on any atom is 0.255 e. The van der Waals surface area contributed by atoms with Gasteiger partial charge in [-0.15, -0.1) is 0 Å². The van der Waals surface area contributed by atoms with Crippen LogP contribution in [0.3, 0.4) is 0 Å². The fourth-order valence-corrected chi connectivity index (χ4v) is 3.12. The largest absolute Gasteiger partial charge is 0.496 e. The molecule has 0 saturated carbocycles. The first-order chi connectivity index (χ1) is 12.6. The van der Waals surface area contributed by atoms with E-state index in [-0.39, 0.29) is 23.5 Å². The predicted octanol–water partition coefficient (Wildman–Crippen LogP) is 2.61. The Kier molecular flexibility index (Phi) is 5.51. The molecule has 136 valence electrons. The quantitative estimate of drug-likeness (QED) is 0.866. The molecule has 0 aliphatic carbocycles. The van der Waals surface area contributed by atoms with Gasteiger partial charge in [0, 0.05) is 32.0 Å². The van der Waals surface area contributed by atoms with Crippen LogP contribution in [0, 0.1) is 11.7 Å². The van der Waals surface area contributed by atoms with E-state index in [1.54, 1.807) is 41.3 Å². The summed E-state index contributed by atoms with van der Waals surface area (Å²) in [5, 5.41) is 2.88. The van der Waals surface area contributed by atoms with Crippen molar-refractivity contribution in [2.24, 2.45) is 5.92 Å². The second-order valence-electron chi connectivity index (χ2n) is 6.38. The molecule has 0 radical (unpaired) electrons. The number of benzene rings is 2. The molecule has 6 heteroatoms. The maximum atomic E-state index is 13.0. The predicted molar refractivity (Wildman–Crippen MR) is 95.3 cm³/mol. The molecule has 0 bridgehead atoms. The average Bonchev–Trinajstić information content (AvgIpc) is 3.01. The third-order valence-electron chi connectivity index (χ3n) is 4.48. The number of nitrogens with zero attached hydrogens (tertiary/aromatic N) is 1. The van der Waals surface area contributed by atoms with E-state index >= 15 is 0 Å². The first kappa shape index (κ1) is 17.9. The SMILES string of the molecule is COc1ccccc1C(=O)NC[C@@H]1CC(=O)N(Cc2ccc(F)cc2)C1. The van der Waals surface area contributed by atoms with Gasteiger partial charge in [-0.1, -0.05) is 24.3 Å². The summed E-state index contributed by atoms with van der Waals surface area (Å²) in [5.74, 6) is 0.114. The van der Waals surface area contributed by atoms with E-state index in [1.165, 1.54) is 19.2 Å². The van der Waals surface area contributed by atoms with Crippen molar-refractivity contribution in [3.8, 4) is 5.75 Å². The highest BCUT2D eigenvalue weighted by Gasteiger charge is 2.29. The minimum atomic E-state index is -0.293. The summed E-state index contributed by atoms with van der Waals surface area (Å²) in [5.41, 5.74) is 1.36. The van der Waals surface area contributed by atoms with E-state index in [9.17, 15) is 14.0 Å². The first-order valence-electron chi connectivity index (χ1n) is 8.50. The standard InChI is InChI=1S/C20H21FN2O3/c1-26-18-5-3-2-4-17(18)20(25)22-11-15-10-19(24)23(13-15)12-14-6-8-16(21)9-7-14/h2-9,15H,10-13H2,1H3,(H,22,25)/t15-/m0/s1. The van der Waals surface area contributed by atoms with Crippen molar-refractivity contribution >= 4 is 11.8 Å². The smallest absolute Gasteiger partial charge is 0.255 e. The number of rotatable bonds is 6. The number of likely N-dealkylation sites (tertiary alicyclic amines) is 1. The van der Waals surface area contributed by atoms with Gasteiger partial charge in [0.1, 0.15) is 11.6 Å². The van der Waals surface area contributed by atoms with Crippen LogP contribution in [0.1, 0.15) is 22.3 Å². The van der Waals surface area contributed by atoms with Crippen molar-refractivity contribution in [3.63, 3.8) is 0 Å². The van der Waals surface area contributed by atoms with Gasteiger partial charge in [-0.25, -0.2) is 4.39 Å². The molecule has 1 aliphatic heterocycles. The number of carbonyl (C=O) groups excluding carboxylic acids is 2. The van der Waals surface area contributed by atoms with Crippen molar-refractivity contribution in [2.75, 3.05) is 20.2 Å². The summed E-state index contributed by atoms with van der Waals surface area (Å²) in [6, 6.07) is 13.2. The lowest BCUT2D eigenvalue weighted by molar-refractivity contribution is -0.128. The molecule has 1 atom stereocenters. The summed E-state index contributed by atoms with van der Waals surface area (Å²) in [4.78, 5) is 26.3. The van der Waals surface area contributed by atoms with Crippen molar-refractivity contribution in [3.05, 3.63) is 65.5 Å². The van der Waals surface area contributed by atoms with Crippen LogP contribution in [0.2, 0.25) is 0 Å². The Morgan fingerprint density at radius 2 is 1.96 bits per heavy atom. The second-order valence-corrected chi connectivity index (χ2v) is 6.38. The Labute approximate surface area is 151 Å². The number of para-hydroxylation sites is 1. The van der Waals surface area contributed by atoms with Gasteiger partial charge in [0.2, 0.25) is 5.91 Å². The molecule has 2 amide bonds. The molecule has 1 aliphatic rings. The Balaban J connectivity index is 1.54. The maximum absolute atomic E-state index is 13.0. The molecule has 0 unspecified atom stereocenters. The van der Waals surface area contributed by atoms with E-state index in [0.29, 0.717) is 37.4 Å². The van der Waals surface area contributed by atoms with Crippen molar-refractivity contribution in [2.45, 2.75) is 13.0 Å². The molecule has 1 N–H and O–H groups in total. The zero-order valence-electron chi connectivity index (χ0n) is 14.6. The number of amides is 2. The lowest BCUT2D eigenvalue weighted by atomic mass is 10.1.